The minimum absolute atomic E-state index is 0.0212. The van der Waals surface area contributed by atoms with Gasteiger partial charge >= 0.3 is 12.6 Å². The van der Waals surface area contributed by atoms with Crippen LogP contribution in [0.2, 0.25) is 0 Å². The molecule has 2 rings (SSSR count). The molecule has 0 saturated carbocycles. The molecule has 2 amide bonds. The number of carbonyl (C=O) groups excluding carboxylic acids is 1. The number of benzene rings is 1. The van der Waals surface area contributed by atoms with Gasteiger partial charge < -0.3 is 15.8 Å². The van der Waals surface area contributed by atoms with Crippen molar-refractivity contribution in [2.24, 2.45) is 0 Å². The lowest BCUT2D eigenvalue weighted by Gasteiger charge is -2.15. The van der Waals surface area contributed by atoms with Gasteiger partial charge in [-0.2, -0.15) is 8.78 Å². The van der Waals surface area contributed by atoms with Crippen LogP contribution in [0, 0.1) is 5.41 Å². The summed E-state index contributed by atoms with van der Waals surface area (Å²) in [5.74, 6) is -0.683. The molecule has 2 aromatic rings. The van der Waals surface area contributed by atoms with Crippen LogP contribution in [-0.2, 0) is 4.74 Å². The van der Waals surface area contributed by atoms with Gasteiger partial charge in [0.15, 0.2) is 0 Å². The molecule has 0 saturated heterocycles. The van der Waals surface area contributed by atoms with Crippen molar-refractivity contribution in [1.82, 2.24) is 10.3 Å². The van der Waals surface area contributed by atoms with Crippen LogP contribution in [0.25, 0.3) is 0 Å². The Morgan fingerprint density at radius 1 is 1.32 bits per heavy atom. The van der Waals surface area contributed by atoms with Crippen molar-refractivity contribution in [1.29, 1.82) is 5.41 Å². The van der Waals surface area contributed by atoms with Gasteiger partial charge in [0.1, 0.15) is 5.82 Å². The van der Waals surface area contributed by atoms with Crippen molar-refractivity contribution in [3.8, 4) is 0 Å². The number of nitrogens with zero attached hydrogens (tertiary/aromatic N) is 1. The fourth-order valence-electron chi connectivity index (χ4n) is 2.06. The number of hydrogen-bond acceptors (Lipinski definition) is 5. The maximum Gasteiger partial charge on any atom is 0.388 e. The molecule has 5 N–H and O–H groups in total. The number of nitrogens with one attached hydrogen (secondary N) is 3. The Morgan fingerprint density at radius 3 is 2.60 bits per heavy atom. The minimum atomic E-state index is -3.13. The zero-order chi connectivity index (χ0) is 18.4. The van der Waals surface area contributed by atoms with Crippen LogP contribution in [0.1, 0.15) is 24.1 Å². The van der Waals surface area contributed by atoms with E-state index in [4.69, 9.17) is 11.1 Å². The Hall–Kier alpha value is -3.23. The van der Waals surface area contributed by atoms with Crippen LogP contribution < -0.4 is 16.4 Å². The Bertz CT molecular complexity index is 755. The second-order valence-electron chi connectivity index (χ2n) is 5.10. The van der Waals surface area contributed by atoms with Crippen molar-refractivity contribution < 1.29 is 18.3 Å². The minimum Gasteiger partial charge on any atom is -0.417 e. The number of ether oxygens (including phenoxy) is 1. The summed E-state index contributed by atoms with van der Waals surface area (Å²) in [4.78, 5) is 15.9. The second kappa shape index (κ2) is 8.04. The quantitative estimate of drug-likeness (QED) is 0.490. The molecule has 0 spiro atoms. The van der Waals surface area contributed by atoms with Gasteiger partial charge in [0.05, 0.1) is 11.6 Å². The number of anilines is 2. The molecule has 0 aliphatic carbocycles. The molecule has 0 radical (unpaired) electrons. The van der Waals surface area contributed by atoms with Crippen molar-refractivity contribution >= 4 is 23.4 Å². The fraction of sp³-hybridized carbons (Fsp3) is 0.188. The first-order chi connectivity index (χ1) is 11.9. The average Bonchev–Trinajstić information content (AvgIpc) is 2.54. The predicted molar refractivity (Wildman–Crippen MR) is 89.6 cm³/mol. The number of carbonyl (C=O) groups is 1. The van der Waals surface area contributed by atoms with Gasteiger partial charge in [0.2, 0.25) is 5.90 Å². The van der Waals surface area contributed by atoms with Crippen molar-refractivity contribution in [3.63, 3.8) is 0 Å². The first kappa shape index (κ1) is 18.1. The van der Waals surface area contributed by atoms with Crippen LogP contribution in [0.3, 0.4) is 0 Å². The number of halogens is 2. The van der Waals surface area contributed by atoms with Gasteiger partial charge in [0, 0.05) is 18.0 Å². The summed E-state index contributed by atoms with van der Waals surface area (Å²) >= 11 is 0. The number of hydrogen-bond donors (Lipinski definition) is 4. The standard InChI is InChI=1S/C16H17F2N5O2/c1-9(10-5-3-2-4-6-10)22-16(24)23-13-7-12(19)11(8-21-13)14(20)25-15(17)18/h2-9,15,20H,1H3,(H4,19,21,22,23,24). The molecule has 1 atom stereocenters. The number of rotatable bonds is 5. The summed E-state index contributed by atoms with van der Waals surface area (Å²) in [6, 6.07) is 9.88. The van der Waals surface area contributed by atoms with Gasteiger partial charge in [-0.15, -0.1) is 0 Å². The molecule has 9 heteroatoms. The molecular formula is C16H17F2N5O2. The number of nitrogen functional groups attached to an aromatic ring is 1. The van der Waals surface area contributed by atoms with Crippen LogP contribution in [0.5, 0.6) is 0 Å². The third-order valence-corrected chi connectivity index (χ3v) is 3.28. The lowest BCUT2D eigenvalue weighted by Crippen LogP contribution is -2.31. The van der Waals surface area contributed by atoms with Crippen LogP contribution in [0.4, 0.5) is 25.1 Å². The summed E-state index contributed by atoms with van der Waals surface area (Å²) in [5, 5.41) is 12.6. The van der Waals surface area contributed by atoms with Crippen molar-refractivity contribution in [3.05, 3.63) is 53.7 Å². The van der Waals surface area contributed by atoms with E-state index in [0.717, 1.165) is 11.8 Å². The average molecular weight is 349 g/mol. The number of amides is 2. The number of aromatic nitrogens is 1. The molecule has 0 bridgehead atoms. The molecular weight excluding hydrogens is 332 g/mol. The Morgan fingerprint density at radius 2 is 2.00 bits per heavy atom. The number of urea groups is 1. The smallest absolute Gasteiger partial charge is 0.388 e. The molecule has 0 fully saturated rings. The lowest BCUT2D eigenvalue weighted by molar-refractivity contribution is -0.0603. The van der Waals surface area contributed by atoms with E-state index in [-0.39, 0.29) is 23.1 Å². The van der Waals surface area contributed by atoms with E-state index in [1.54, 1.807) is 0 Å². The van der Waals surface area contributed by atoms with Gasteiger partial charge in [-0.05, 0) is 12.5 Å². The SMILES string of the molecule is CC(NC(=O)Nc1cc(N)c(C(=N)OC(F)F)cn1)c1ccccc1. The zero-order valence-electron chi connectivity index (χ0n) is 13.3. The third kappa shape index (κ3) is 5.13. The van der Waals surface area contributed by atoms with Gasteiger partial charge in [-0.3, -0.25) is 10.7 Å². The highest BCUT2D eigenvalue weighted by Crippen LogP contribution is 2.17. The highest BCUT2D eigenvalue weighted by Gasteiger charge is 2.15. The maximum absolute atomic E-state index is 12.1. The van der Waals surface area contributed by atoms with E-state index < -0.39 is 18.5 Å². The molecule has 1 unspecified atom stereocenters. The molecule has 25 heavy (non-hydrogen) atoms. The predicted octanol–water partition coefficient (Wildman–Crippen LogP) is 3.11. The molecule has 132 valence electrons. The van der Waals surface area contributed by atoms with Gasteiger partial charge in [-0.1, -0.05) is 30.3 Å². The lowest BCUT2D eigenvalue weighted by atomic mass is 10.1. The summed E-state index contributed by atoms with van der Waals surface area (Å²) in [6.07, 6.45) is 1.08. The van der Waals surface area contributed by atoms with E-state index in [9.17, 15) is 13.6 Å². The summed E-state index contributed by atoms with van der Waals surface area (Å²) < 4.78 is 28.2. The first-order valence-electron chi connectivity index (χ1n) is 7.28. The van der Waals surface area contributed by atoms with E-state index in [0.29, 0.717) is 0 Å². The van der Waals surface area contributed by atoms with Gasteiger partial charge in [0.25, 0.3) is 0 Å². The Labute approximate surface area is 142 Å². The Balaban J connectivity index is 1.99. The van der Waals surface area contributed by atoms with Crippen molar-refractivity contribution in [2.75, 3.05) is 11.1 Å². The van der Waals surface area contributed by atoms with E-state index in [2.05, 4.69) is 20.4 Å². The van der Waals surface area contributed by atoms with E-state index in [1.807, 2.05) is 37.3 Å². The van der Waals surface area contributed by atoms with E-state index >= 15 is 0 Å². The molecule has 0 aliphatic rings. The highest BCUT2D eigenvalue weighted by molar-refractivity contribution is 5.97. The number of nitrogens with two attached hydrogens (primary N) is 1. The molecule has 7 nitrogen and oxygen atoms in total. The summed E-state index contributed by atoms with van der Waals surface area (Å²) in [5.41, 5.74) is 6.50. The topological polar surface area (TPSA) is 113 Å². The molecule has 1 heterocycles. The van der Waals surface area contributed by atoms with E-state index in [1.165, 1.54) is 6.07 Å². The normalized spacial score (nSPS) is 11.7. The summed E-state index contributed by atoms with van der Waals surface area (Å²) in [7, 11) is 0. The van der Waals surface area contributed by atoms with Crippen LogP contribution >= 0.6 is 0 Å². The summed E-state index contributed by atoms with van der Waals surface area (Å²) in [6.45, 7) is -1.31. The second-order valence-corrected chi connectivity index (χ2v) is 5.10. The number of alkyl halides is 2. The monoisotopic (exact) mass is 349 g/mol. The van der Waals surface area contributed by atoms with Crippen molar-refractivity contribution in [2.45, 2.75) is 19.6 Å². The zero-order valence-corrected chi connectivity index (χ0v) is 13.3. The molecule has 1 aromatic heterocycles. The fourth-order valence-corrected chi connectivity index (χ4v) is 2.06. The van der Waals surface area contributed by atoms with Crippen LogP contribution in [0.15, 0.2) is 42.6 Å². The molecule has 1 aromatic carbocycles. The largest absolute Gasteiger partial charge is 0.417 e. The first-order valence-corrected chi connectivity index (χ1v) is 7.28. The highest BCUT2D eigenvalue weighted by atomic mass is 19.3. The maximum atomic E-state index is 12.1. The number of pyridine rings is 1. The van der Waals surface area contributed by atoms with Crippen LogP contribution in [-0.4, -0.2) is 23.5 Å². The van der Waals surface area contributed by atoms with Gasteiger partial charge in [-0.25, -0.2) is 9.78 Å². The third-order valence-electron chi connectivity index (χ3n) is 3.28. The molecule has 0 aliphatic heterocycles. The Kier molecular flexibility index (Phi) is 5.83.